The van der Waals surface area contributed by atoms with Crippen LogP contribution >= 0.6 is 11.6 Å². The lowest BCUT2D eigenvalue weighted by Gasteiger charge is -2.19. The van der Waals surface area contributed by atoms with Crippen LogP contribution in [0.5, 0.6) is 17.2 Å². The van der Waals surface area contributed by atoms with Crippen LogP contribution in [0.25, 0.3) is 11.5 Å². The molecule has 0 bridgehead atoms. The standard InChI is InChI=1S/C26H25ClN4O5S/c1-26(2,3)17-12-14-18(15-13-17)37(33,34)30-25-22(36-21-11-6-5-10-20(21)35-4)23(27)28-24(29-25)19-9-7-8-16-31(19)32/h5-16H,1-4H3,(H,28,29,30). The van der Waals surface area contributed by atoms with Crippen LogP contribution in [0.3, 0.4) is 0 Å². The molecule has 37 heavy (non-hydrogen) atoms. The number of aromatic nitrogens is 3. The van der Waals surface area contributed by atoms with Gasteiger partial charge in [0.2, 0.25) is 11.6 Å². The van der Waals surface area contributed by atoms with E-state index >= 15 is 0 Å². The summed E-state index contributed by atoms with van der Waals surface area (Å²) in [5, 5.41) is 12.1. The molecule has 0 aliphatic carbocycles. The van der Waals surface area contributed by atoms with Crippen LogP contribution in [0, 0.1) is 5.21 Å². The summed E-state index contributed by atoms with van der Waals surface area (Å²) in [5.74, 6) is 0.156. The van der Waals surface area contributed by atoms with Crippen LogP contribution in [0.15, 0.2) is 77.8 Å². The minimum atomic E-state index is -4.13. The lowest BCUT2D eigenvalue weighted by molar-refractivity contribution is -0.594. The summed E-state index contributed by atoms with van der Waals surface area (Å²) in [6, 6.07) is 17.9. The average molecular weight is 541 g/mol. The van der Waals surface area contributed by atoms with Crippen molar-refractivity contribution in [1.82, 2.24) is 9.97 Å². The number of hydrogen-bond acceptors (Lipinski definition) is 7. The van der Waals surface area contributed by atoms with Crippen molar-refractivity contribution in [3.8, 4) is 28.8 Å². The number of rotatable bonds is 7. The highest BCUT2D eigenvalue weighted by atomic mass is 35.5. The monoisotopic (exact) mass is 540 g/mol. The quantitative estimate of drug-likeness (QED) is 0.191. The summed E-state index contributed by atoms with van der Waals surface area (Å²) in [4.78, 5) is 8.51. The molecule has 0 atom stereocenters. The normalized spacial score (nSPS) is 11.7. The zero-order chi connectivity index (χ0) is 26.8. The number of nitrogens with zero attached hydrogens (tertiary/aromatic N) is 3. The van der Waals surface area contributed by atoms with Crippen molar-refractivity contribution in [3.63, 3.8) is 0 Å². The molecule has 11 heteroatoms. The van der Waals surface area contributed by atoms with Gasteiger partial charge in [0.05, 0.1) is 12.0 Å². The van der Waals surface area contributed by atoms with E-state index in [1.807, 2.05) is 20.8 Å². The molecule has 0 saturated carbocycles. The van der Waals surface area contributed by atoms with Gasteiger partial charge in [-0.2, -0.15) is 4.73 Å². The predicted octanol–water partition coefficient (Wildman–Crippen LogP) is 5.33. The second-order valence-corrected chi connectivity index (χ2v) is 11.1. The third-order valence-electron chi connectivity index (χ3n) is 5.42. The highest BCUT2D eigenvalue weighted by Crippen LogP contribution is 2.39. The van der Waals surface area contributed by atoms with Gasteiger partial charge in [-0.15, -0.1) is 0 Å². The molecular formula is C26H25ClN4O5S. The van der Waals surface area contributed by atoms with Gasteiger partial charge in [-0.3, -0.25) is 4.72 Å². The summed E-state index contributed by atoms with van der Waals surface area (Å²) >= 11 is 6.46. The summed E-state index contributed by atoms with van der Waals surface area (Å²) < 4.78 is 41.0. The first-order valence-corrected chi connectivity index (χ1v) is 13.1. The zero-order valence-electron chi connectivity index (χ0n) is 20.6. The van der Waals surface area contributed by atoms with Gasteiger partial charge in [-0.1, -0.05) is 56.6 Å². The number of sulfonamides is 1. The van der Waals surface area contributed by atoms with Gasteiger partial charge < -0.3 is 14.7 Å². The smallest absolute Gasteiger partial charge is 0.263 e. The number of nitrogens with one attached hydrogen (secondary N) is 1. The Hall–Kier alpha value is -3.89. The first kappa shape index (κ1) is 26.2. The lowest BCUT2D eigenvalue weighted by Crippen LogP contribution is -2.29. The number of pyridine rings is 1. The Kier molecular flexibility index (Phi) is 7.24. The van der Waals surface area contributed by atoms with Crippen LogP contribution in [0.2, 0.25) is 5.15 Å². The van der Waals surface area contributed by atoms with Gasteiger partial charge in [0.25, 0.3) is 15.7 Å². The number of anilines is 1. The Morgan fingerprint density at radius 3 is 2.22 bits per heavy atom. The van der Waals surface area contributed by atoms with Crippen LogP contribution in [0.4, 0.5) is 5.82 Å². The molecule has 0 aliphatic rings. The molecule has 192 valence electrons. The van der Waals surface area contributed by atoms with Crippen molar-refractivity contribution in [3.05, 3.63) is 88.9 Å². The lowest BCUT2D eigenvalue weighted by atomic mass is 9.87. The maximum Gasteiger partial charge on any atom is 0.263 e. The highest BCUT2D eigenvalue weighted by Gasteiger charge is 2.26. The Morgan fingerprint density at radius 2 is 1.59 bits per heavy atom. The summed E-state index contributed by atoms with van der Waals surface area (Å²) in [6.07, 6.45) is 1.27. The number of methoxy groups -OCH3 is 1. The minimum absolute atomic E-state index is 0.0126. The topological polar surface area (TPSA) is 117 Å². The molecular weight excluding hydrogens is 516 g/mol. The fraction of sp³-hybridized carbons (Fsp3) is 0.192. The van der Waals surface area contributed by atoms with Gasteiger partial charge in [0.1, 0.15) is 0 Å². The van der Waals surface area contributed by atoms with Crippen molar-refractivity contribution in [2.24, 2.45) is 0 Å². The third-order valence-corrected chi connectivity index (χ3v) is 7.03. The number of para-hydroxylation sites is 2. The number of ether oxygens (including phenoxy) is 2. The number of hydrogen-bond donors (Lipinski definition) is 1. The molecule has 0 amide bonds. The molecule has 0 radical (unpaired) electrons. The second kappa shape index (κ2) is 10.2. The van der Waals surface area contributed by atoms with Gasteiger partial charge in [-0.25, -0.2) is 18.4 Å². The van der Waals surface area contributed by atoms with E-state index in [4.69, 9.17) is 21.1 Å². The maximum absolute atomic E-state index is 13.4. The van der Waals surface area contributed by atoms with E-state index in [1.165, 1.54) is 31.5 Å². The van der Waals surface area contributed by atoms with E-state index in [0.29, 0.717) is 10.5 Å². The van der Waals surface area contributed by atoms with Gasteiger partial charge in [-0.05, 0) is 41.3 Å². The van der Waals surface area contributed by atoms with Crippen molar-refractivity contribution in [2.45, 2.75) is 31.1 Å². The molecule has 4 aromatic rings. The van der Waals surface area contributed by atoms with Crippen LogP contribution in [-0.2, 0) is 15.4 Å². The number of benzene rings is 2. The van der Waals surface area contributed by atoms with Crippen molar-refractivity contribution < 1.29 is 22.6 Å². The fourth-order valence-electron chi connectivity index (χ4n) is 3.43. The molecule has 0 unspecified atom stereocenters. The molecule has 4 rings (SSSR count). The van der Waals surface area contributed by atoms with Crippen molar-refractivity contribution in [1.29, 1.82) is 0 Å². The first-order chi connectivity index (χ1) is 17.5. The van der Waals surface area contributed by atoms with Crippen LogP contribution in [0.1, 0.15) is 26.3 Å². The van der Waals surface area contributed by atoms with Crippen molar-refractivity contribution >= 4 is 27.4 Å². The largest absolute Gasteiger partial charge is 0.618 e. The number of halogens is 1. The highest BCUT2D eigenvalue weighted by molar-refractivity contribution is 7.92. The van der Waals surface area contributed by atoms with E-state index in [0.717, 1.165) is 5.56 Å². The van der Waals surface area contributed by atoms with E-state index < -0.39 is 10.0 Å². The Labute approximate surface area is 220 Å². The zero-order valence-corrected chi connectivity index (χ0v) is 22.2. The SMILES string of the molecule is COc1ccccc1Oc1c(Cl)nc(-c2cccc[n+]2[O-])nc1NS(=O)(=O)c1ccc(C(C)(C)C)cc1. The molecule has 2 aromatic heterocycles. The third kappa shape index (κ3) is 5.76. The molecule has 9 nitrogen and oxygen atoms in total. The van der Waals surface area contributed by atoms with Gasteiger partial charge in [0, 0.05) is 12.1 Å². The predicted molar refractivity (Wildman–Crippen MR) is 140 cm³/mol. The molecule has 2 heterocycles. The first-order valence-electron chi connectivity index (χ1n) is 11.2. The van der Waals surface area contributed by atoms with Crippen molar-refractivity contribution in [2.75, 3.05) is 11.8 Å². The van der Waals surface area contributed by atoms with Crippen LogP contribution < -0.4 is 18.9 Å². The molecule has 0 fully saturated rings. The van der Waals surface area contributed by atoms with Gasteiger partial charge in [0.15, 0.2) is 28.7 Å². The maximum atomic E-state index is 13.4. The summed E-state index contributed by atoms with van der Waals surface area (Å²) in [7, 11) is -2.66. The Morgan fingerprint density at radius 1 is 0.946 bits per heavy atom. The van der Waals surface area contributed by atoms with E-state index in [-0.39, 0.29) is 44.3 Å². The fourth-order valence-corrected chi connectivity index (χ4v) is 4.65. The van der Waals surface area contributed by atoms with Gasteiger partial charge >= 0.3 is 0 Å². The second-order valence-electron chi connectivity index (χ2n) is 9.06. The Balaban J connectivity index is 1.82. The molecule has 1 N–H and O–H groups in total. The summed E-state index contributed by atoms with van der Waals surface area (Å²) in [6.45, 7) is 6.10. The van der Waals surface area contributed by atoms with Crippen LogP contribution in [-0.4, -0.2) is 25.5 Å². The average Bonchev–Trinajstić information content (AvgIpc) is 2.86. The van der Waals surface area contributed by atoms with E-state index in [9.17, 15) is 13.6 Å². The molecule has 2 aromatic carbocycles. The van der Waals surface area contributed by atoms with E-state index in [2.05, 4.69) is 14.7 Å². The Bertz CT molecular complexity index is 1540. The van der Waals surface area contributed by atoms with E-state index in [1.54, 1.807) is 48.5 Å². The molecule has 0 aliphatic heterocycles. The molecule has 0 spiro atoms. The summed E-state index contributed by atoms with van der Waals surface area (Å²) in [5.41, 5.74) is 0.899. The minimum Gasteiger partial charge on any atom is -0.618 e. The molecule has 0 saturated heterocycles.